The second-order valence-electron chi connectivity index (χ2n) is 7.41. The Balaban J connectivity index is 1.63. The van der Waals surface area contributed by atoms with E-state index in [0.29, 0.717) is 28.4 Å². The summed E-state index contributed by atoms with van der Waals surface area (Å²) in [7, 11) is 1.52. The van der Waals surface area contributed by atoms with Crippen molar-refractivity contribution in [3.8, 4) is 17.0 Å². The number of nitrogens with zero attached hydrogens (tertiary/aromatic N) is 8. The highest BCUT2D eigenvalue weighted by Gasteiger charge is 2.33. The summed E-state index contributed by atoms with van der Waals surface area (Å²) in [6.07, 6.45) is 0.292. The van der Waals surface area contributed by atoms with Gasteiger partial charge in [0.05, 0.1) is 19.2 Å². The van der Waals surface area contributed by atoms with E-state index in [9.17, 15) is 13.2 Å². The van der Waals surface area contributed by atoms with Gasteiger partial charge >= 0.3 is 6.18 Å². The van der Waals surface area contributed by atoms with Crippen molar-refractivity contribution < 1.29 is 17.9 Å². The van der Waals surface area contributed by atoms with E-state index < -0.39 is 11.9 Å². The number of fused-ring (bicyclic) bond motifs is 2. The molecule has 0 atom stereocenters. The predicted molar refractivity (Wildman–Crippen MR) is 112 cm³/mol. The molecular weight excluding hydrogens is 437 g/mol. The SMILES string of the molecule is COc1ncnn2ccc(-c3cnc4nc(C)n(Cc5nc(C)cc(C(F)(F)F)n5)c4c3)c12. The summed E-state index contributed by atoms with van der Waals surface area (Å²) in [4.78, 5) is 21.0. The van der Waals surface area contributed by atoms with Crippen molar-refractivity contribution in [1.82, 2.24) is 39.1 Å². The van der Waals surface area contributed by atoms with Gasteiger partial charge in [0.15, 0.2) is 5.65 Å². The summed E-state index contributed by atoms with van der Waals surface area (Å²) in [6.45, 7) is 3.28. The average Bonchev–Trinajstić information content (AvgIpc) is 3.33. The first kappa shape index (κ1) is 20.8. The fourth-order valence-corrected chi connectivity index (χ4v) is 3.76. The molecule has 0 N–H and O–H groups in total. The second-order valence-corrected chi connectivity index (χ2v) is 7.41. The summed E-state index contributed by atoms with van der Waals surface area (Å²) in [5.74, 6) is 1.03. The van der Waals surface area contributed by atoms with Crippen molar-refractivity contribution in [1.29, 1.82) is 0 Å². The van der Waals surface area contributed by atoms with Gasteiger partial charge in [-0.05, 0) is 32.0 Å². The van der Waals surface area contributed by atoms with Crippen LogP contribution in [0.4, 0.5) is 13.2 Å². The Bertz CT molecular complexity index is 1510. The van der Waals surface area contributed by atoms with Crippen LogP contribution < -0.4 is 4.74 Å². The zero-order valence-electron chi connectivity index (χ0n) is 17.8. The summed E-state index contributed by atoms with van der Waals surface area (Å²) in [5.41, 5.74) is 2.57. The lowest BCUT2D eigenvalue weighted by molar-refractivity contribution is -0.141. The molecule has 0 saturated carbocycles. The van der Waals surface area contributed by atoms with E-state index in [1.54, 1.807) is 28.4 Å². The van der Waals surface area contributed by atoms with Gasteiger partial charge in [0.1, 0.15) is 29.2 Å². The number of hydrogen-bond acceptors (Lipinski definition) is 7. The van der Waals surface area contributed by atoms with Gasteiger partial charge in [-0.2, -0.15) is 23.3 Å². The normalized spacial score (nSPS) is 12.1. The molecule has 5 heterocycles. The van der Waals surface area contributed by atoms with Crippen molar-refractivity contribution in [2.75, 3.05) is 7.11 Å². The topological polar surface area (TPSA) is 95.9 Å². The first-order valence-corrected chi connectivity index (χ1v) is 9.86. The number of halogens is 3. The third-order valence-electron chi connectivity index (χ3n) is 5.21. The molecule has 5 rings (SSSR count). The number of alkyl halides is 3. The molecule has 0 saturated heterocycles. The molecule has 0 aromatic carbocycles. The third kappa shape index (κ3) is 3.62. The van der Waals surface area contributed by atoms with Gasteiger partial charge in [-0.3, -0.25) is 0 Å². The number of imidazole rings is 1. The lowest BCUT2D eigenvalue weighted by Crippen LogP contribution is -2.14. The molecular formula is C21H17F3N8O. The van der Waals surface area contributed by atoms with Crippen LogP contribution in [-0.2, 0) is 12.7 Å². The van der Waals surface area contributed by atoms with E-state index >= 15 is 0 Å². The maximum atomic E-state index is 13.2. The lowest BCUT2D eigenvalue weighted by Gasteiger charge is -2.11. The molecule has 0 radical (unpaired) electrons. The molecule has 0 unspecified atom stereocenters. The van der Waals surface area contributed by atoms with Crippen molar-refractivity contribution in [3.05, 3.63) is 60.0 Å². The Morgan fingerprint density at radius 1 is 1.06 bits per heavy atom. The van der Waals surface area contributed by atoms with Crippen LogP contribution in [0.3, 0.4) is 0 Å². The number of aromatic nitrogens is 8. The number of aryl methyl sites for hydroxylation is 2. The van der Waals surface area contributed by atoms with Crippen LogP contribution in [0.15, 0.2) is 36.9 Å². The molecule has 5 aromatic heterocycles. The van der Waals surface area contributed by atoms with Crippen LogP contribution >= 0.6 is 0 Å². The molecule has 168 valence electrons. The Morgan fingerprint density at radius 2 is 1.88 bits per heavy atom. The third-order valence-corrected chi connectivity index (χ3v) is 5.21. The van der Waals surface area contributed by atoms with Crippen LogP contribution in [0.25, 0.3) is 27.8 Å². The number of pyridine rings is 1. The molecule has 0 amide bonds. The van der Waals surface area contributed by atoms with E-state index in [4.69, 9.17) is 4.74 Å². The number of ether oxygens (including phenoxy) is 1. The molecule has 33 heavy (non-hydrogen) atoms. The number of rotatable bonds is 4. The molecule has 0 aliphatic carbocycles. The molecule has 0 spiro atoms. The first-order valence-electron chi connectivity index (χ1n) is 9.86. The summed E-state index contributed by atoms with van der Waals surface area (Å²) in [6, 6.07) is 4.66. The van der Waals surface area contributed by atoms with Gasteiger partial charge in [-0.1, -0.05) is 0 Å². The molecule has 0 aliphatic heterocycles. The summed E-state index contributed by atoms with van der Waals surface area (Å²) in [5, 5.41) is 4.19. The zero-order valence-corrected chi connectivity index (χ0v) is 17.8. The maximum absolute atomic E-state index is 13.2. The minimum absolute atomic E-state index is 0.0150. The maximum Gasteiger partial charge on any atom is 0.433 e. The van der Waals surface area contributed by atoms with Crippen molar-refractivity contribution in [2.24, 2.45) is 0 Å². The number of methoxy groups -OCH3 is 1. The zero-order chi connectivity index (χ0) is 23.3. The van der Waals surface area contributed by atoms with Gasteiger partial charge < -0.3 is 9.30 Å². The van der Waals surface area contributed by atoms with Gasteiger partial charge in [-0.15, -0.1) is 0 Å². The minimum Gasteiger partial charge on any atom is -0.479 e. The van der Waals surface area contributed by atoms with Crippen LogP contribution in [0.1, 0.15) is 23.0 Å². The Hall–Kier alpha value is -4.09. The lowest BCUT2D eigenvalue weighted by atomic mass is 10.1. The van der Waals surface area contributed by atoms with E-state index in [-0.39, 0.29) is 18.1 Å². The molecule has 5 aromatic rings. The molecule has 0 bridgehead atoms. The highest BCUT2D eigenvalue weighted by atomic mass is 19.4. The van der Waals surface area contributed by atoms with E-state index in [2.05, 4.69) is 30.0 Å². The van der Waals surface area contributed by atoms with Gasteiger partial charge in [0.2, 0.25) is 5.88 Å². The van der Waals surface area contributed by atoms with Crippen LogP contribution in [0.2, 0.25) is 0 Å². The second kappa shape index (κ2) is 7.50. The fourth-order valence-electron chi connectivity index (χ4n) is 3.76. The summed E-state index contributed by atoms with van der Waals surface area (Å²) >= 11 is 0. The van der Waals surface area contributed by atoms with E-state index in [0.717, 1.165) is 17.2 Å². The van der Waals surface area contributed by atoms with Crippen molar-refractivity contribution in [2.45, 2.75) is 26.6 Å². The predicted octanol–water partition coefficient (Wildman–Crippen LogP) is 3.62. The van der Waals surface area contributed by atoms with Crippen LogP contribution in [-0.4, -0.2) is 46.2 Å². The Kier molecular flexibility index (Phi) is 4.73. The van der Waals surface area contributed by atoms with Crippen LogP contribution in [0.5, 0.6) is 5.88 Å². The monoisotopic (exact) mass is 454 g/mol. The first-order chi connectivity index (χ1) is 15.7. The van der Waals surface area contributed by atoms with E-state index in [1.807, 2.05) is 12.1 Å². The van der Waals surface area contributed by atoms with Crippen molar-refractivity contribution >= 4 is 16.7 Å². The quantitative estimate of drug-likeness (QED) is 0.409. The molecule has 0 aliphatic rings. The van der Waals surface area contributed by atoms with Crippen molar-refractivity contribution in [3.63, 3.8) is 0 Å². The molecule has 0 fully saturated rings. The molecule has 9 nitrogen and oxygen atoms in total. The fraction of sp³-hybridized carbons (Fsp3) is 0.238. The summed E-state index contributed by atoms with van der Waals surface area (Å²) < 4.78 is 48.4. The average molecular weight is 454 g/mol. The van der Waals surface area contributed by atoms with Gasteiger partial charge in [0, 0.05) is 29.2 Å². The van der Waals surface area contributed by atoms with Gasteiger partial charge in [0.25, 0.3) is 0 Å². The van der Waals surface area contributed by atoms with E-state index in [1.165, 1.54) is 20.4 Å². The molecule has 12 heteroatoms. The van der Waals surface area contributed by atoms with Gasteiger partial charge in [-0.25, -0.2) is 24.5 Å². The van der Waals surface area contributed by atoms with Crippen LogP contribution in [0, 0.1) is 13.8 Å². The highest BCUT2D eigenvalue weighted by molar-refractivity contribution is 5.87. The smallest absolute Gasteiger partial charge is 0.433 e. The highest BCUT2D eigenvalue weighted by Crippen LogP contribution is 2.32. The standard InChI is InChI=1S/C21H17F3N8O/c1-11-6-16(21(22,23)24)30-17(28-11)9-31-12(2)29-19-15(31)7-13(8-25-19)14-4-5-32-18(14)20(33-3)26-10-27-32/h4-8,10H,9H2,1-3H3. The Morgan fingerprint density at radius 3 is 2.64 bits per heavy atom. The minimum atomic E-state index is -4.55. The largest absolute Gasteiger partial charge is 0.479 e. The Labute approximate surface area is 184 Å². The number of hydrogen-bond donors (Lipinski definition) is 0.